The van der Waals surface area contributed by atoms with Gasteiger partial charge in [0.25, 0.3) is 5.56 Å². The summed E-state index contributed by atoms with van der Waals surface area (Å²) in [6.07, 6.45) is 1.78. The number of aliphatic hydroxyl groups excluding tert-OH is 1. The van der Waals surface area contributed by atoms with Crippen LogP contribution in [0.25, 0.3) is 22.0 Å². The van der Waals surface area contributed by atoms with Crippen molar-refractivity contribution in [2.24, 2.45) is 0 Å². The van der Waals surface area contributed by atoms with Crippen LogP contribution in [0.15, 0.2) is 47.4 Å². The second-order valence-electron chi connectivity index (χ2n) is 6.67. The lowest BCUT2D eigenvalue weighted by atomic mass is 10.1. The number of β-amino-alcohol motifs (C(OH)–C–C–N with tert-alkyl or cyclic N) is 1. The molecule has 3 aromatic rings. The number of hydrogen-bond donors (Lipinski definition) is 2. The first-order chi connectivity index (χ1) is 13.2. The Kier molecular flexibility index (Phi) is 5.11. The summed E-state index contributed by atoms with van der Waals surface area (Å²) in [5, 5.41) is 10.9. The van der Waals surface area contributed by atoms with Gasteiger partial charge in [0.05, 0.1) is 12.3 Å². The van der Waals surface area contributed by atoms with Crippen molar-refractivity contribution in [2.75, 3.05) is 44.2 Å². The van der Waals surface area contributed by atoms with Crippen LogP contribution in [0, 0.1) is 0 Å². The third-order valence-corrected chi connectivity index (χ3v) is 5.34. The van der Waals surface area contributed by atoms with Gasteiger partial charge in [-0.1, -0.05) is 17.7 Å². The normalized spacial score (nSPS) is 15.4. The molecule has 1 saturated heterocycles. The van der Waals surface area contributed by atoms with Crippen LogP contribution in [0.5, 0.6) is 0 Å². The molecule has 0 amide bonds. The lowest BCUT2D eigenvalue weighted by Crippen LogP contribution is -2.47. The van der Waals surface area contributed by atoms with Crippen LogP contribution in [0.4, 0.5) is 5.82 Å². The first-order valence-corrected chi connectivity index (χ1v) is 9.39. The Morgan fingerprint density at radius 2 is 1.93 bits per heavy atom. The number of fused-ring (bicyclic) bond motifs is 1. The molecule has 0 atom stereocenters. The highest BCUT2D eigenvalue weighted by atomic mass is 35.5. The fourth-order valence-corrected chi connectivity index (χ4v) is 3.71. The Morgan fingerprint density at radius 3 is 2.63 bits per heavy atom. The Balaban J connectivity index is 1.57. The molecule has 0 spiro atoms. The Labute approximate surface area is 162 Å². The molecule has 1 aliphatic heterocycles. The molecule has 4 rings (SSSR count). The standard InChI is InChI=1S/C20H21ClN4O2/c21-17-3-1-2-15-16(17)12-18(23-20(15)27)14-4-5-19(22-13-14)25-8-6-24(7-9-25)10-11-26/h1-5,12-13,26H,6-11H2,(H,23,27). The van der Waals surface area contributed by atoms with Crippen molar-refractivity contribution < 1.29 is 5.11 Å². The largest absolute Gasteiger partial charge is 0.395 e. The number of aliphatic hydroxyl groups is 1. The molecule has 7 heteroatoms. The number of halogens is 1. The van der Waals surface area contributed by atoms with Gasteiger partial charge in [-0.3, -0.25) is 9.69 Å². The van der Waals surface area contributed by atoms with Crippen LogP contribution in [-0.4, -0.2) is 59.3 Å². The molecular formula is C20H21ClN4O2. The Hall–Kier alpha value is -2.41. The van der Waals surface area contributed by atoms with Gasteiger partial charge in [-0.25, -0.2) is 4.98 Å². The second kappa shape index (κ2) is 7.68. The second-order valence-corrected chi connectivity index (χ2v) is 7.08. The van der Waals surface area contributed by atoms with Gasteiger partial charge in [-0.05, 0) is 30.3 Å². The van der Waals surface area contributed by atoms with E-state index in [0.29, 0.717) is 16.1 Å². The zero-order valence-corrected chi connectivity index (χ0v) is 15.6. The van der Waals surface area contributed by atoms with Crippen molar-refractivity contribution in [2.45, 2.75) is 0 Å². The lowest BCUT2D eigenvalue weighted by molar-refractivity contribution is 0.188. The van der Waals surface area contributed by atoms with E-state index in [2.05, 4.69) is 19.8 Å². The van der Waals surface area contributed by atoms with Crippen molar-refractivity contribution in [3.8, 4) is 11.3 Å². The number of pyridine rings is 2. The van der Waals surface area contributed by atoms with E-state index in [1.165, 1.54) is 0 Å². The van der Waals surface area contributed by atoms with E-state index in [4.69, 9.17) is 16.7 Å². The molecule has 140 valence electrons. The van der Waals surface area contributed by atoms with Crippen molar-refractivity contribution in [3.63, 3.8) is 0 Å². The monoisotopic (exact) mass is 384 g/mol. The van der Waals surface area contributed by atoms with E-state index in [-0.39, 0.29) is 12.2 Å². The van der Waals surface area contributed by atoms with Crippen molar-refractivity contribution >= 4 is 28.2 Å². The van der Waals surface area contributed by atoms with Crippen molar-refractivity contribution in [1.82, 2.24) is 14.9 Å². The first-order valence-electron chi connectivity index (χ1n) is 9.02. The Morgan fingerprint density at radius 1 is 1.11 bits per heavy atom. The smallest absolute Gasteiger partial charge is 0.256 e. The van der Waals surface area contributed by atoms with E-state index >= 15 is 0 Å². The number of aromatic amines is 1. The minimum absolute atomic E-state index is 0.158. The van der Waals surface area contributed by atoms with Gasteiger partial charge in [0.1, 0.15) is 5.82 Å². The topological polar surface area (TPSA) is 72.5 Å². The molecule has 0 bridgehead atoms. The van der Waals surface area contributed by atoms with Gasteiger partial charge < -0.3 is 15.0 Å². The quantitative estimate of drug-likeness (QED) is 0.722. The lowest BCUT2D eigenvalue weighted by Gasteiger charge is -2.35. The highest BCUT2D eigenvalue weighted by molar-refractivity contribution is 6.35. The summed E-state index contributed by atoms with van der Waals surface area (Å²) in [6, 6.07) is 11.2. The predicted octanol–water partition coefficient (Wildman–Crippen LogP) is 2.36. The third-order valence-electron chi connectivity index (χ3n) is 5.01. The van der Waals surface area contributed by atoms with Crippen LogP contribution < -0.4 is 10.5 Å². The van der Waals surface area contributed by atoms with Gasteiger partial charge in [0.15, 0.2) is 0 Å². The molecule has 0 radical (unpaired) electrons. The van der Waals surface area contributed by atoms with E-state index < -0.39 is 0 Å². The minimum atomic E-state index is -0.158. The van der Waals surface area contributed by atoms with Crippen LogP contribution in [0.2, 0.25) is 5.02 Å². The fraction of sp³-hybridized carbons (Fsp3) is 0.300. The molecule has 1 fully saturated rings. The summed E-state index contributed by atoms with van der Waals surface area (Å²) in [5.74, 6) is 0.920. The number of nitrogens with zero attached hydrogens (tertiary/aromatic N) is 3. The zero-order chi connectivity index (χ0) is 18.8. The average molecular weight is 385 g/mol. The summed E-state index contributed by atoms with van der Waals surface area (Å²) < 4.78 is 0. The van der Waals surface area contributed by atoms with E-state index in [9.17, 15) is 4.79 Å². The van der Waals surface area contributed by atoms with Gasteiger partial charge in [0.2, 0.25) is 0 Å². The molecule has 27 heavy (non-hydrogen) atoms. The number of nitrogens with one attached hydrogen (secondary N) is 1. The number of H-pyrrole nitrogens is 1. The summed E-state index contributed by atoms with van der Waals surface area (Å²) >= 11 is 6.25. The number of rotatable bonds is 4. The van der Waals surface area contributed by atoms with Gasteiger partial charge >= 0.3 is 0 Å². The number of piperazine rings is 1. The Bertz CT molecular complexity index is 995. The zero-order valence-electron chi connectivity index (χ0n) is 14.9. The molecule has 2 aromatic heterocycles. The number of anilines is 1. The van der Waals surface area contributed by atoms with Crippen LogP contribution in [0.3, 0.4) is 0 Å². The van der Waals surface area contributed by atoms with Crippen molar-refractivity contribution in [1.29, 1.82) is 0 Å². The number of aromatic nitrogens is 2. The third kappa shape index (κ3) is 3.69. The minimum Gasteiger partial charge on any atom is -0.395 e. The van der Waals surface area contributed by atoms with Crippen LogP contribution in [0.1, 0.15) is 0 Å². The number of benzene rings is 1. The van der Waals surface area contributed by atoms with Crippen LogP contribution in [-0.2, 0) is 0 Å². The summed E-state index contributed by atoms with van der Waals surface area (Å²) in [5.41, 5.74) is 1.39. The summed E-state index contributed by atoms with van der Waals surface area (Å²) in [6.45, 7) is 4.52. The summed E-state index contributed by atoms with van der Waals surface area (Å²) in [4.78, 5) is 24.3. The maximum Gasteiger partial charge on any atom is 0.256 e. The van der Waals surface area contributed by atoms with E-state index in [0.717, 1.165) is 49.5 Å². The summed E-state index contributed by atoms with van der Waals surface area (Å²) in [7, 11) is 0. The fourth-order valence-electron chi connectivity index (χ4n) is 3.48. The maximum atomic E-state index is 12.4. The maximum absolute atomic E-state index is 12.4. The molecule has 6 nitrogen and oxygen atoms in total. The van der Waals surface area contributed by atoms with E-state index in [1.54, 1.807) is 24.4 Å². The van der Waals surface area contributed by atoms with E-state index in [1.807, 2.05) is 18.2 Å². The first kappa shape index (κ1) is 18.0. The average Bonchev–Trinajstić information content (AvgIpc) is 2.70. The predicted molar refractivity (Wildman–Crippen MR) is 109 cm³/mol. The van der Waals surface area contributed by atoms with Crippen LogP contribution >= 0.6 is 11.6 Å². The molecule has 1 aliphatic rings. The highest BCUT2D eigenvalue weighted by Crippen LogP contribution is 2.26. The van der Waals surface area contributed by atoms with Gasteiger partial charge in [-0.15, -0.1) is 0 Å². The van der Waals surface area contributed by atoms with Crippen molar-refractivity contribution in [3.05, 3.63) is 58.0 Å². The molecule has 0 saturated carbocycles. The molecule has 0 unspecified atom stereocenters. The molecule has 2 N–H and O–H groups in total. The molecule has 3 heterocycles. The highest BCUT2D eigenvalue weighted by Gasteiger charge is 2.17. The molecular weight excluding hydrogens is 364 g/mol. The SMILES string of the molecule is O=c1[nH]c(-c2ccc(N3CCN(CCO)CC3)nc2)cc2c(Cl)cccc12. The molecule has 1 aromatic carbocycles. The van der Waals surface area contributed by atoms with Gasteiger partial charge in [0, 0.05) is 60.3 Å². The van der Waals surface area contributed by atoms with Gasteiger partial charge in [-0.2, -0.15) is 0 Å². The number of hydrogen-bond acceptors (Lipinski definition) is 5. The molecule has 0 aliphatic carbocycles.